The third-order valence-corrected chi connectivity index (χ3v) is 1.97. The first kappa shape index (κ1) is 15.8. The minimum absolute atomic E-state index is 0.300. The molecule has 0 N–H and O–H groups in total. The van der Waals surface area contributed by atoms with Gasteiger partial charge in [0.25, 0.3) is 0 Å². The average Bonchev–Trinajstić information content (AvgIpc) is 2.28. The highest BCUT2D eigenvalue weighted by Gasteiger charge is 2.18. The van der Waals surface area contributed by atoms with Crippen LogP contribution >= 0.6 is 0 Å². The van der Waals surface area contributed by atoms with Gasteiger partial charge in [0, 0.05) is 5.57 Å². The van der Waals surface area contributed by atoms with E-state index in [-0.39, 0.29) is 0 Å². The number of esters is 1. The largest absolute Gasteiger partial charge is 0.514 e. The molecule has 0 heterocycles. The van der Waals surface area contributed by atoms with Crippen LogP contribution in [0.3, 0.4) is 0 Å². The lowest BCUT2D eigenvalue weighted by molar-refractivity contribution is -0.130. The quantitative estimate of drug-likeness (QED) is 0.366. The minimum Gasteiger partial charge on any atom is -0.428 e. The van der Waals surface area contributed by atoms with Crippen molar-refractivity contribution >= 4 is 12.1 Å². The van der Waals surface area contributed by atoms with Gasteiger partial charge in [-0.1, -0.05) is 6.58 Å². The summed E-state index contributed by atoms with van der Waals surface area (Å²) in [4.78, 5) is 22.7. The molecule has 0 aliphatic carbocycles. The molecule has 1 aromatic rings. The van der Waals surface area contributed by atoms with Crippen molar-refractivity contribution in [2.24, 2.45) is 0 Å². The van der Waals surface area contributed by atoms with Crippen LogP contribution in [0.4, 0.5) is 4.79 Å². The second kappa shape index (κ2) is 6.23. The number of rotatable bonds is 3. The van der Waals surface area contributed by atoms with Gasteiger partial charge < -0.3 is 14.2 Å². The Bertz CT molecular complexity index is 508. The molecule has 5 heteroatoms. The number of hydrogen-bond donors (Lipinski definition) is 0. The molecule has 0 saturated carbocycles. The summed E-state index contributed by atoms with van der Waals surface area (Å²) >= 11 is 0. The second-order valence-electron chi connectivity index (χ2n) is 5.21. The Labute approximate surface area is 118 Å². The van der Waals surface area contributed by atoms with E-state index in [9.17, 15) is 9.59 Å². The van der Waals surface area contributed by atoms with Crippen molar-refractivity contribution in [3.05, 3.63) is 36.4 Å². The molecule has 0 aliphatic rings. The molecule has 1 aromatic carbocycles. The molecule has 0 amide bonds. The van der Waals surface area contributed by atoms with E-state index in [4.69, 9.17) is 14.2 Å². The van der Waals surface area contributed by atoms with E-state index >= 15 is 0 Å². The molecule has 20 heavy (non-hydrogen) atoms. The van der Waals surface area contributed by atoms with Crippen LogP contribution in [0, 0.1) is 0 Å². The van der Waals surface area contributed by atoms with Gasteiger partial charge in [0.2, 0.25) is 0 Å². The Hall–Kier alpha value is -2.30. The van der Waals surface area contributed by atoms with Crippen LogP contribution in [0.1, 0.15) is 27.7 Å². The molecule has 108 valence electrons. The van der Waals surface area contributed by atoms with Gasteiger partial charge in [-0.25, -0.2) is 9.59 Å². The summed E-state index contributed by atoms with van der Waals surface area (Å²) in [7, 11) is 0. The highest BCUT2D eigenvalue weighted by atomic mass is 16.7. The first-order valence-electron chi connectivity index (χ1n) is 6.06. The average molecular weight is 278 g/mol. The van der Waals surface area contributed by atoms with E-state index in [2.05, 4.69) is 6.58 Å². The maximum atomic E-state index is 11.4. The van der Waals surface area contributed by atoms with Crippen LogP contribution in [0.25, 0.3) is 0 Å². The van der Waals surface area contributed by atoms with E-state index in [1.807, 2.05) is 0 Å². The molecule has 0 saturated heterocycles. The molecule has 0 spiro atoms. The highest BCUT2D eigenvalue weighted by Crippen LogP contribution is 2.19. The second-order valence-corrected chi connectivity index (χ2v) is 5.21. The van der Waals surface area contributed by atoms with Gasteiger partial charge in [-0.2, -0.15) is 0 Å². The summed E-state index contributed by atoms with van der Waals surface area (Å²) in [6, 6.07) is 6.04. The normalized spacial score (nSPS) is 10.6. The highest BCUT2D eigenvalue weighted by molar-refractivity contribution is 5.88. The van der Waals surface area contributed by atoms with Crippen molar-refractivity contribution in [1.29, 1.82) is 0 Å². The van der Waals surface area contributed by atoms with E-state index in [1.165, 1.54) is 24.3 Å². The van der Waals surface area contributed by atoms with Gasteiger partial charge >= 0.3 is 12.1 Å². The van der Waals surface area contributed by atoms with Gasteiger partial charge in [0.05, 0.1) is 0 Å². The van der Waals surface area contributed by atoms with E-state index in [0.717, 1.165) is 0 Å². The predicted octanol–water partition coefficient (Wildman–Crippen LogP) is 3.48. The molecular formula is C15H18O5. The number of carbonyl (C=O) groups is 2. The SMILES string of the molecule is C=C(C)C(=O)Oc1ccc(OC(=O)OC(C)(C)C)cc1. The van der Waals surface area contributed by atoms with Crippen LogP contribution in [0.15, 0.2) is 36.4 Å². The van der Waals surface area contributed by atoms with Crippen LogP contribution < -0.4 is 9.47 Å². The number of carbonyl (C=O) groups excluding carboxylic acids is 2. The van der Waals surface area contributed by atoms with Gasteiger partial charge in [0.1, 0.15) is 17.1 Å². The molecule has 0 fully saturated rings. The monoisotopic (exact) mass is 278 g/mol. The Kier molecular flexibility index (Phi) is 4.91. The smallest absolute Gasteiger partial charge is 0.428 e. The third-order valence-electron chi connectivity index (χ3n) is 1.97. The van der Waals surface area contributed by atoms with Gasteiger partial charge in [-0.15, -0.1) is 0 Å². The van der Waals surface area contributed by atoms with Crippen LogP contribution in [-0.4, -0.2) is 17.7 Å². The van der Waals surface area contributed by atoms with Crippen molar-refractivity contribution in [3.63, 3.8) is 0 Å². The van der Waals surface area contributed by atoms with Gasteiger partial charge in [0.15, 0.2) is 0 Å². The molecule has 0 unspecified atom stereocenters. The summed E-state index contributed by atoms with van der Waals surface area (Å²) in [5, 5.41) is 0. The first-order valence-corrected chi connectivity index (χ1v) is 6.06. The number of benzene rings is 1. The van der Waals surface area contributed by atoms with Crippen molar-refractivity contribution in [3.8, 4) is 11.5 Å². The molecule has 0 aromatic heterocycles. The lowest BCUT2D eigenvalue weighted by Gasteiger charge is -2.18. The maximum absolute atomic E-state index is 11.4. The Morgan fingerprint density at radius 2 is 1.45 bits per heavy atom. The zero-order valence-electron chi connectivity index (χ0n) is 12.1. The summed E-state index contributed by atoms with van der Waals surface area (Å²) in [6.45, 7) is 10.3. The fraction of sp³-hybridized carbons (Fsp3) is 0.333. The number of hydrogen-bond acceptors (Lipinski definition) is 5. The summed E-state index contributed by atoms with van der Waals surface area (Å²) in [6.07, 6.45) is -0.788. The number of ether oxygens (including phenoxy) is 3. The molecular weight excluding hydrogens is 260 g/mol. The lowest BCUT2D eigenvalue weighted by atomic mass is 10.2. The fourth-order valence-electron chi connectivity index (χ4n) is 1.14. The topological polar surface area (TPSA) is 61.8 Å². The zero-order valence-corrected chi connectivity index (χ0v) is 12.1. The van der Waals surface area contributed by atoms with E-state index in [1.54, 1.807) is 27.7 Å². The van der Waals surface area contributed by atoms with Crippen molar-refractivity contribution in [1.82, 2.24) is 0 Å². The van der Waals surface area contributed by atoms with Crippen LogP contribution in [0.5, 0.6) is 11.5 Å². The summed E-state index contributed by atoms with van der Waals surface area (Å²) in [5.41, 5.74) is -0.312. The van der Waals surface area contributed by atoms with Crippen LogP contribution in [-0.2, 0) is 9.53 Å². The summed E-state index contributed by atoms with van der Waals surface area (Å²) < 4.78 is 15.0. The Morgan fingerprint density at radius 1 is 1.00 bits per heavy atom. The molecule has 0 bridgehead atoms. The Morgan fingerprint density at radius 3 is 1.85 bits per heavy atom. The third kappa shape index (κ3) is 5.56. The van der Waals surface area contributed by atoms with Gasteiger partial charge in [-0.3, -0.25) is 0 Å². The summed E-state index contributed by atoms with van der Waals surface area (Å²) in [5.74, 6) is 0.134. The van der Waals surface area contributed by atoms with Crippen molar-refractivity contribution in [2.75, 3.05) is 0 Å². The molecule has 0 atom stereocenters. The predicted molar refractivity (Wildman–Crippen MR) is 73.8 cm³/mol. The fourth-order valence-corrected chi connectivity index (χ4v) is 1.14. The lowest BCUT2D eigenvalue weighted by Crippen LogP contribution is -2.25. The molecule has 0 radical (unpaired) electrons. The van der Waals surface area contributed by atoms with Crippen molar-refractivity contribution in [2.45, 2.75) is 33.3 Å². The van der Waals surface area contributed by atoms with Crippen molar-refractivity contribution < 1.29 is 23.8 Å². The molecule has 1 rings (SSSR count). The molecule has 5 nitrogen and oxygen atoms in total. The van der Waals surface area contributed by atoms with E-state index < -0.39 is 17.7 Å². The Balaban J connectivity index is 2.61. The molecule has 0 aliphatic heterocycles. The van der Waals surface area contributed by atoms with Crippen LogP contribution in [0.2, 0.25) is 0 Å². The minimum atomic E-state index is -0.788. The standard InChI is InChI=1S/C15H18O5/c1-10(2)13(16)18-11-6-8-12(9-7-11)19-14(17)20-15(3,4)5/h6-9H,1H2,2-5H3. The van der Waals surface area contributed by atoms with Gasteiger partial charge in [-0.05, 0) is 52.0 Å². The zero-order chi connectivity index (χ0) is 15.3. The van der Waals surface area contributed by atoms with E-state index in [0.29, 0.717) is 17.1 Å². The maximum Gasteiger partial charge on any atom is 0.514 e. The first-order chi connectivity index (χ1) is 9.17.